The van der Waals surface area contributed by atoms with E-state index in [1.807, 2.05) is 30.3 Å². The van der Waals surface area contributed by atoms with Gasteiger partial charge in [-0.25, -0.2) is 4.79 Å². The van der Waals surface area contributed by atoms with Crippen molar-refractivity contribution in [1.29, 1.82) is 0 Å². The Morgan fingerprint density at radius 2 is 1.29 bits per heavy atom. The third-order valence-corrected chi connectivity index (χ3v) is 6.25. The number of carbonyl (C=O) groups excluding carboxylic acids is 1. The van der Waals surface area contributed by atoms with Crippen LogP contribution in [0.1, 0.15) is 94.8 Å². The van der Waals surface area contributed by atoms with Gasteiger partial charge >= 0.3 is 5.97 Å². The second kappa shape index (κ2) is 17.7. The lowest BCUT2D eigenvalue weighted by Gasteiger charge is -2.10. The molecule has 2 rings (SSSR count). The molecule has 0 saturated carbocycles. The van der Waals surface area contributed by atoms with E-state index >= 15 is 0 Å². The Labute approximate surface area is 212 Å². The first kappa shape index (κ1) is 28.5. The zero-order chi connectivity index (χ0) is 25.1. The normalized spacial score (nSPS) is 11.6. The maximum Gasteiger partial charge on any atom is 0.343 e. The van der Waals surface area contributed by atoms with Crippen molar-refractivity contribution < 1.29 is 19.0 Å². The van der Waals surface area contributed by atoms with Crippen LogP contribution < -0.4 is 14.2 Å². The number of ether oxygens (including phenoxy) is 3. The standard InChI is InChI=1S/C31H44O4/c1-4-6-7-8-9-10-11-12-13-24-33-28-18-16-27(17-19-28)31(32)35-30-22-20-29(21-23-30)34-25-14-15-26(3)5-2/h4,16-23,26H,1,5-15,24-25H2,2-3H3. The van der Waals surface area contributed by atoms with E-state index in [2.05, 4.69) is 20.4 Å². The molecule has 0 amide bonds. The van der Waals surface area contributed by atoms with Crippen molar-refractivity contribution in [3.63, 3.8) is 0 Å². The van der Waals surface area contributed by atoms with Gasteiger partial charge < -0.3 is 14.2 Å². The quantitative estimate of drug-likeness (QED) is 0.0872. The molecule has 0 aliphatic carbocycles. The molecule has 4 nitrogen and oxygen atoms in total. The molecule has 2 aromatic rings. The Hall–Kier alpha value is -2.75. The molecule has 0 aliphatic rings. The van der Waals surface area contributed by atoms with Crippen molar-refractivity contribution >= 4 is 5.97 Å². The topological polar surface area (TPSA) is 44.8 Å². The minimum atomic E-state index is -0.383. The number of esters is 1. The zero-order valence-corrected chi connectivity index (χ0v) is 21.8. The molecule has 0 saturated heterocycles. The van der Waals surface area contributed by atoms with E-state index < -0.39 is 0 Å². The summed E-state index contributed by atoms with van der Waals surface area (Å²) in [7, 11) is 0. The van der Waals surface area contributed by atoms with Gasteiger partial charge in [-0.05, 0) is 86.6 Å². The summed E-state index contributed by atoms with van der Waals surface area (Å²) in [5.41, 5.74) is 0.499. The number of hydrogen-bond acceptors (Lipinski definition) is 4. The zero-order valence-electron chi connectivity index (χ0n) is 21.8. The van der Waals surface area contributed by atoms with Crippen molar-refractivity contribution in [2.24, 2.45) is 5.92 Å². The van der Waals surface area contributed by atoms with E-state index in [1.165, 1.54) is 51.4 Å². The third-order valence-electron chi connectivity index (χ3n) is 6.25. The van der Waals surface area contributed by atoms with E-state index in [0.717, 1.165) is 36.7 Å². The number of unbranched alkanes of at least 4 members (excludes halogenated alkanes) is 7. The highest BCUT2D eigenvalue weighted by molar-refractivity contribution is 5.91. The first-order chi connectivity index (χ1) is 17.1. The second-order valence-corrected chi connectivity index (χ2v) is 9.29. The van der Waals surface area contributed by atoms with Crippen LogP contribution in [-0.2, 0) is 0 Å². The lowest BCUT2D eigenvalue weighted by Crippen LogP contribution is -2.08. The molecule has 1 atom stereocenters. The fourth-order valence-corrected chi connectivity index (χ4v) is 3.75. The molecule has 2 aromatic carbocycles. The lowest BCUT2D eigenvalue weighted by atomic mass is 10.0. The van der Waals surface area contributed by atoms with Crippen LogP contribution in [0.2, 0.25) is 0 Å². The predicted octanol–water partition coefficient (Wildman–Crippen LogP) is 8.80. The molecule has 35 heavy (non-hydrogen) atoms. The van der Waals surface area contributed by atoms with Gasteiger partial charge in [-0.15, -0.1) is 6.58 Å². The van der Waals surface area contributed by atoms with Gasteiger partial charge in [0.25, 0.3) is 0 Å². The first-order valence-electron chi connectivity index (χ1n) is 13.4. The van der Waals surface area contributed by atoms with Crippen molar-refractivity contribution in [3.8, 4) is 17.2 Å². The van der Waals surface area contributed by atoms with E-state index in [4.69, 9.17) is 14.2 Å². The van der Waals surface area contributed by atoms with Gasteiger partial charge in [0.1, 0.15) is 17.2 Å². The number of hydrogen-bond donors (Lipinski definition) is 0. The number of rotatable bonds is 19. The van der Waals surface area contributed by atoms with Gasteiger partial charge in [-0.2, -0.15) is 0 Å². The molecule has 0 spiro atoms. The SMILES string of the molecule is C=CCCCCCCCCCOc1ccc(C(=O)Oc2ccc(OCCCC(C)CC)cc2)cc1. The maximum absolute atomic E-state index is 12.5. The molecule has 0 heterocycles. The summed E-state index contributed by atoms with van der Waals surface area (Å²) in [6, 6.07) is 14.4. The Balaban J connectivity index is 1.62. The van der Waals surface area contributed by atoms with Crippen LogP contribution in [0.25, 0.3) is 0 Å². The summed E-state index contributed by atoms with van der Waals surface area (Å²) in [5.74, 6) is 2.42. The van der Waals surface area contributed by atoms with Crippen LogP contribution in [0.3, 0.4) is 0 Å². The van der Waals surface area contributed by atoms with Gasteiger partial charge in [0.2, 0.25) is 0 Å². The Morgan fingerprint density at radius 3 is 1.89 bits per heavy atom. The smallest absolute Gasteiger partial charge is 0.343 e. The van der Waals surface area contributed by atoms with Crippen LogP contribution in [-0.4, -0.2) is 19.2 Å². The van der Waals surface area contributed by atoms with Gasteiger partial charge in [0.05, 0.1) is 18.8 Å². The molecule has 0 fully saturated rings. The predicted molar refractivity (Wildman–Crippen MR) is 145 cm³/mol. The molecule has 0 aliphatic heterocycles. The summed E-state index contributed by atoms with van der Waals surface area (Å²) in [5, 5.41) is 0. The lowest BCUT2D eigenvalue weighted by molar-refractivity contribution is 0.0734. The van der Waals surface area contributed by atoms with Crippen LogP contribution in [0.4, 0.5) is 0 Å². The monoisotopic (exact) mass is 480 g/mol. The Morgan fingerprint density at radius 1 is 0.771 bits per heavy atom. The summed E-state index contributed by atoms with van der Waals surface area (Å²) in [6.07, 6.45) is 15.2. The fourth-order valence-electron chi connectivity index (χ4n) is 3.75. The number of benzene rings is 2. The molecule has 1 unspecified atom stereocenters. The number of allylic oxidation sites excluding steroid dienone is 1. The van der Waals surface area contributed by atoms with E-state index in [-0.39, 0.29) is 5.97 Å². The minimum absolute atomic E-state index is 0.383. The van der Waals surface area contributed by atoms with Crippen molar-refractivity contribution in [2.45, 2.75) is 84.5 Å². The van der Waals surface area contributed by atoms with Crippen molar-refractivity contribution in [3.05, 3.63) is 66.7 Å². The molecular weight excluding hydrogens is 436 g/mol. The van der Waals surface area contributed by atoms with Gasteiger partial charge in [0.15, 0.2) is 0 Å². The Bertz CT molecular complexity index is 826. The van der Waals surface area contributed by atoms with Crippen LogP contribution in [0.5, 0.6) is 17.2 Å². The molecule has 0 radical (unpaired) electrons. The summed E-state index contributed by atoms with van der Waals surface area (Å²) in [6.45, 7) is 9.64. The van der Waals surface area contributed by atoms with E-state index in [9.17, 15) is 4.79 Å². The number of carbonyl (C=O) groups is 1. The largest absolute Gasteiger partial charge is 0.494 e. The summed E-state index contributed by atoms with van der Waals surface area (Å²) in [4.78, 5) is 12.5. The minimum Gasteiger partial charge on any atom is -0.494 e. The highest BCUT2D eigenvalue weighted by atomic mass is 16.5. The van der Waals surface area contributed by atoms with Crippen LogP contribution in [0, 0.1) is 5.92 Å². The van der Waals surface area contributed by atoms with Gasteiger partial charge in [0, 0.05) is 0 Å². The van der Waals surface area contributed by atoms with Crippen LogP contribution >= 0.6 is 0 Å². The van der Waals surface area contributed by atoms with E-state index in [1.54, 1.807) is 24.3 Å². The summed E-state index contributed by atoms with van der Waals surface area (Å²) >= 11 is 0. The highest BCUT2D eigenvalue weighted by Gasteiger charge is 2.09. The molecule has 192 valence electrons. The van der Waals surface area contributed by atoms with Crippen molar-refractivity contribution in [2.75, 3.05) is 13.2 Å². The molecule has 0 bridgehead atoms. The van der Waals surface area contributed by atoms with Gasteiger partial charge in [-0.1, -0.05) is 58.4 Å². The van der Waals surface area contributed by atoms with Crippen molar-refractivity contribution in [1.82, 2.24) is 0 Å². The average Bonchev–Trinajstić information content (AvgIpc) is 2.88. The fraction of sp³-hybridized carbons (Fsp3) is 0.516. The molecular formula is C31H44O4. The molecule has 0 N–H and O–H groups in total. The maximum atomic E-state index is 12.5. The first-order valence-corrected chi connectivity index (χ1v) is 13.4. The van der Waals surface area contributed by atoms with Crippen LogP contribution in [0.15, 0.2) is 61.2 Å². The highest BCUT2D eigenvalue weighted by Crippen LogP contribution is 2.20. The Kier molecular flexibility index (Phi) is 14.4. The molecule has 0 aromatic heterocycles. The third kappa shape index (κ3) is 12.5. The summed E-state index contributed by atoms with van der Waals surface area (Å²) < 4.78 is 17.1. The molecule has 4 heteroatoms. The van der Waals surface area contributed by atoms with E-state index in [0.29, 0.717) is 24.5 Å². The van der Waals surface area contributed by atoms with Gasteiger partial charge in [-0.3, -0.25) is 0 Å². The second-order valence-electron chi connectivity index (χ2n) is 9.29. The average molecular weight is 481 g/mol.